The number of hydrogen-bond acceptors (Lipinski definition) is 3. The summed E-state index contributed by atoms with van der Waals surface area (Å²) in [7, 11) is 0. The average molecular weight is 270 g/mol. The molecule has 0 aliphatic carbocycles. The van der Waals surface area contributed by atoms with E-state index >= 15 is 0 Å². The first kappa shape index (κ1) is 14.1. The predicted molar refractivity (Wildman–Crippen MR) is 68.9 cm³/mol. The highest BCUT2D eigenvalue weighted by molar-refractivity contribution is 5.86. The Morgan fingerprint density at radius 1 is 1.53 bits per heavy atom. The third kappa shape index (κ3) is 2.68. The van der Waals surface area contributed by atoms with E-state index in [0.29, 0.717) is 25.5 Å². The number of nitrogens with one attached hydrogen (secondary N) is 1. The molecular weight excluding hydrogens is 248 g/mol. The number of nitrogens with zero attached hydrogens (tertiary/aromatic N) is 1. The fourth-order valence-electron chi connectivity index (χ4n) is 2.85. The number of ether oxygens (including phenoxy) is 1. The van der Waals surface area contributed by atoms with Gasteiger partial charge in [-0.2, -0.15) is 0 Å². The molecule has 2 heterocycles. The number of carbonyl (C=O) groups is 2. The zero-order valence-electron chi connectivity index (χ0n) is 11.5. The van der Waals surface area contributed by atoms with E-state index < -0.39 is 11.5 Å². The van der Waals surface area contributed by atoms with Gasteiger partial charge < -0.3 is 20.1 Å². The van der Waals surface area contributed by atoms with E-state index in [0.717, 1.165) is 19.4 Å². The molecule has 2 aliphatic heterocycles. The molecule has 0 saturated carbocycles. The van der Waals surface area contributed by atoms with Crippen LogP contribution in [0.15, 0.2) is 0 Å². The largest absolute Gasteiger partial charge is 0.480 e. The number of amides is 2. The minimum atomic E-state index is -1.07. The normalized spacial score (nSPS) is 32.3. The van der Waals surface area contributed by atoms with Gasteiger partial charge in [-0.05, 0) is 33.1 Å². The maximum atomic E-state index is 12.2. The number of hydrogen-bond donors (Lipinski definition) is 2. The molecule has 0 spiro atoms. The lowest BCUT2D eigenvalue weighted by Crippen LogP contribution is -2.56. The highest BCUT2D eigenvalue weighted by atomic mass is 16.5. The van der Waals surface area contributed by atoms with Crippen LogP contribution >= 0.6 is 0 Å². The smallest absolute Gasteiger partial charge is 0.329 e. The Morgan fingerprint density at radius 3 is 2.84 bits per heavy atom. The quantitative estimate of drug-likeness (QED) is 0.803. The van der Waals surface area contributed by atoms with E-state index in [4.69, 9.17) is 4.74 Å². The summed E-state index contributed by atoms with van der Waals surface area (Å²) in [6.07, 6.45) is 2.19. The van der Waals surface area contributed by atoms with Gasteiger partial charge in [-0.15, -0.1) is 0 Å². The van der Waals surface area contributed by atoms with Gasteiger partial charge in [-0.25, -0.2) is 9.59 Å². The van der Waals surface area contributed by atoms with Gasteiger partial charge in [0.25, 0.3) is 0 Å². The second kappa shape index (κ2) is 5.36. The Kier molecular flexibility index (Phi) is 3.99. The number of carbonyl (C=O) groups excluding carboxylic acids is 1. The second-order valence-electron chi connectivity index (χ2n) is 5.70. The van der Waals surface area contributed by atoms with Gasteiger partial charge in [0.15, 0.2) is 0 Å². The van der Waals surface area contributed by atoms with E-state index in [1.54, 1.807) is 6.92 Å². The SMILES string of the molecule is CC(NC(=O)N1CCCC1(C)C(=O)O)C1CCOC1. The maximum Gasteiger partial charge on any atom is 0.329 e. The van der Waals surface area contributed by atoms with Gasteiger partial charge >= 0.3 is 12.0 Å². The molecule has 2 amide bonds. The number of likely N-dealkylation sites (tertiary alicyclic amines) is 1. The van der Waals surface area contributed by atoms with Crippen LogP contribution in [0.5, 0.6) is 0 Å². The molecule has 2 fully saturated rings. The van der Waals surface area contributed by atoms with Crippen LogP contribution in [0.25, 0.3) is 0 Å². The van der Waals surface area contributed by atoms with E-state index in [1.165, 1.54) is 4.90 Å². The zero-order valence-corrected chi connectivity index (χ0v) is 11.5. The Hall–Kier alpha value is -1.30. The molecule has 19 heavy (non-hydrogen) atoms. The zero-order chi connectivity index (χ0) is 14.0. The van der Waals surface area contributed by atoms with Crippen LogP contribution in [0.2, 0.25) is 0 Å². The first-order chi connectivity index (χ1) is 8.95. The second-order valence-corrected chi connectivity index (χ2v) is 5.70. The molecule has 2 saturated heterocycles. The maximum absolute atomic E-state index is 12.2. The molecule has 3 atom stereocenters. The Labute approximate surface area is 113 Å². The van der Waals surface area contributed by atoms with Gasteiger partial charge in [-0.1, -0.05) is 0 Å². The van der Waals surface area contributed by atoms with E-state index in [9.17, 15) is 14.7 Å². The van der Waals surface area contributed by atoms with E-state index in [1.807, 2.05) is 6.92 Å². The number of carboxylic acids is 1. The van der Waals surface area contributed by atoms with Crippen LogP contribution in [-0.4, -0.2) is 53.3 Å². The summed E-state index contributed by atoms with van der Waals surface area (Å²) in [6.45, 7) is 5.47. The summed E-state index contributed by atoms with van der Waals surface area (Å²) in [5.41, 5.74) is -1.07. The fourth-order valence-corrected chi connectivity index (χ4v) is 2.85. The topological polar surface area (TPSA) is 78.9 Å². The number of aliphatic carboxylic acids is 1. The molecule has 0 radical (unpaired) electrons. The van der Waals surface area contributed by atoms with Crippen LogP contribution < -0.4 is 5.32 Å². The van der Waals surface area contributed by atoms with Crippen molar-refractivity contribution < 1.29 is 19.4 Å². The summed E-state index contributed by atoms with van der Waals surface area (Å²) < 4.78 is 5.31. The molecule has 0 aromatic heterocycles. The first-order valence-corrected chi connectivity index (χ1v) is 6.84. The van der Waals surface area contributed by atoms with Crippen LogP contribution in [0, 0.1) is 5.92 Å². The van der Waals surface area contributed by atoms with Crippen molar-refractivity contribution in [1.82, 2.24) is 10.2 Å². The molecule has 2 aliphatic rings. The Bertz CT molecular complexity index is 368. The standard InChI is InChI=1S/C13H22N2O4/c1-9(10-4-7-19-8-10)14-12(18)15-6-3-5-13(15,2)11(16)17/h9-10H,3-8H2,1-2H3,(H,14,18)(H,16,17). The average Bonchev–Trinajstić information content (AvgIpc) is 2.97. The molecule has 2 rings (SSSR count). The molecule has 6 heteroatoms. The lowest BCUT2D eigenvalue weighted by Gasteiger charge is -2.33. The van der Waals surface area contributed by atoms with Gasteiger partial charge in [0.05, 0.1) is 6.61 Å². The number of urea groups is 1. The van der Waals surface area contributed by atoms with Crippen molar-refractivity contribution in [3.63, 3.8) is 0 Å². The van der Waals surface area contributed by atoms with Gasteiger partial charge in [-0.3, -0.25) is 0 Å². The lowest BCUT2D eigenvalue weighted by atomic mass is 9.99. The molecule has 0 aromatic carbocycles. The summed E-state index contributed by atoms with van der Waals surface area (Å²) in [4.78, 5) is 25.0. The third-order valence-electron chi connectivity index (χ3n) is 4.37. The summed E-state index contributed by atoms with van der Waals surface area (Å²) >= 11 is 0. The monoisotopic (exact) mass is 270 g/mol. The minimum Gasteiger partial charge on any atom is -0.480 e. The molecular formula is C13H22N2O4. The molecule has 2 N–H and O–H groups in total. The minimum absolute atomic E-state index is 0.00800. The molecule has 0 bridgehead atoms. The van der Waals surface area contributed by atoms with Crippen LogP contribution in [0.1, 0.15) is 33.1 Å². The molecule has 0 aromatic rings. The molecule has 6 nitrogen and oxygen atoms in total. The van der Waals surface area contributed by atoms with Crippen LogP contribution in [-0.2, 0) is 9.53 Å². The van der Waals surface area contributed by atoms with Gasteiger partial charge in [0.2, 0.25) is 0 Å². The molecule has 3 unspecified atom stereocenters. The summed E-state index contributed by atoms with van der Waals surface area (Å²) in [5.74, 6) is -0.611. The summed E-state index contributed by atoms with van der Waals surface area (Å²) in [6, 6.07) is -0.268. The highest BCUT2D eigenvalue weighted by Crippen LogP contribution is 2.29. The molecule has 108 valence electrons. The van der Waals surface area contributed by atoms with Gasteiger partial charge in [0, 0.05) is 25.1 Å². The fraction of sp³-hybridized carbons (Fsp3) is 0.846. The first-order valence-electron chi connectivity index (χ1n) is 6.84. The summed E-state index contributed by atoms with van der Waals surface area (Å²) in [5, 5.41) is 12.2. The number of rotatable bonds is 3. The van der Waals surface area contributed by atoms with Gasteiger partial charge in [0.1, 0.15) is 5.54 Å². The van der Waals surface area contributed by atoms with Crippen molar-refractivity contribution in [2.45, 2.75) is 44.7 Å². The number of carboxylic acid groups (broad SMARTS) is 1. The Morgan fingerprint density at radius 2 is 2.26 bits per heavy atom. The lowest BCUT2D eigenvalue weighted by molar-refractivity contribution is -0.147. The highest BCUT2D eigenvalue weighted by Gasteiger charge is 2.46. The van der Waals surface area contributed by atoms with Crippen molar-refractivity contribution in [3.05, 3.63) is 0 Å². The predicted octanol–water partition coefficient (Wildman–Crippen LogP) is 1.06. The van der Waals surface area contributed by atoms with E-state index in [2.05, 4.69) is 5.32 Å². The van der Waals surface area contributed by atoms with Crippen LogP contribution in [0.3, 0.4) is 0 Å². The Balaban J connectivity index is 1.97. The van der Waals surface area contributed by atoms with Crippen molar-refractivity contribution in [2.24, 2.45) is 5.92 Å². The van der Waals surface area contributed by atoms with Crippen molar-refractivity contribution in [2.75, 3.05) is 19.8 Å². The third-order valence-corrected chi connectivity index (χ3v) is 4.37. The van der Waals surface area contributed by atoms with Crippen molar-refractivity contribution in [1.29, 1.82) is 0 Å². The van der Waals surface area contributed by atoms with Crippen LogP contribution in [0.4, 0.5) is 4.79 Å². The van der Waals surface area contributed by atoms with E-state index in [-0.39, 0.29) is 12.1 Å². The van der Waals surface area contributed by atoms with Crippen molar-refractivity contribution >= 4 is 12.0 Å². The van der Waals surface area contributed by atoms with Crippen molar-refractivity contribution in [3.8, 4) is 0 Å².